The molecule has 4 aromatic heterocycles. The lowest BCUT2D eigenvalue weighted by Crippen LogP contribution is -2.28. The highest BCUT2D eigenvalue weighted by Crippen LogP contribution is 2.54. The van der Waals surface area contributed by atoms with E-state index in [0.717, 1.165) is 0 Å². The monoisotopic (exact) mass is 841 g/mol. The van der Waals surface area contributed by atoms with Crippen LogP contribution < -0.4 is 16.2 Å². The number of aromatic nitrogens is 7. The number of fused-ring (bicyclic) bond motifs is 2. The molecule has 0 bridgehead atoms. The van der Waals surface area contributed by atoms with Gasteiger partial charge in [-0.3, -0.25) is 23.7 Å². The molecule has 5 heterocycles. The minimum atomic E-state index is -3.31. The smallest absolute Gasteiger partial charge is 0.316 e. The summed E-state index contributed by atoms with van der Waals surface area (Å²) in [6.45, 7) is 9.66. The van der Waals surface area contributed by atoms with Crippen molar-refractivity contribution in [2.45, 2.75) is 78.0 Å². The van der Waals surface area contributed by atoms with Crippen molar-refractivity contribution in [1.29, 1.82) is 0 Å². The van der Waals surface area contributed by atoms with Gasteiger partial charge in [0.15, 0.2) is 23.9 Å². The highest BCUT2D eigenvalue weighted by atomic mass is 32.5. The molecule has 17 nitrogen and oxygen atoms in total. The number of aromatic amines is 1. The Morgan fingerprint density at radius 2 is 1.89 bits per heavy atom. The topological polar surface area (TPSA) is 210 Å². The summed E-state index contributed by atoms with van der Waals surface area (Å²) in [5, 5.41) is 6.73. The lowest BCUT2D eigenvalue weighted by atomic mass is 9.99. The van der Waals surface area contributed by atoms with Gasteiger partial charge in [0.1, 0.15) is 23.9 Å². The third-order valence-corrected chi connectivity index (χ3v) is 13.1. The molecular weight excluding hydrogens is 792 g/mol. The van der Waals surface area contributed by atoms with Crippen LogP contribution in [0.4, 0.5) is 11.8 Å². The largest absolute Gasteiger partial charge is 0.355 e. The van der Waals surface area contributed by atoms with Gasteiger partial charge in [-0.1, -0.05) is 52.8 Å². The number of imidazole rings is 1. The number of H-pyrrole nitrogens is 1. The third kappa shape index (κ3) is 8.79. The lowest BCUT2D eigenvalue weighted by molar-refractivity contribution is -0.0303. The van der Waals surface area contributed by atoms with Crippen LogP contribution in [0.3, 0.4) is 0 Å². The first kappa shape index (κ1) is 41.3. The van der Waals surface area contributed by atoms with Crippen molar-refractivity contribution >= 4 is 66.4 Å². The number of carbonyl (C=O) groups is 1. The van der Waals surface area contributed by atoms with Gasteiger partial charge in [0.05, 0.1) is 30.5 Å². The highest BCUT2D eigenvalue weighted by Gasteiger charge is 2.47. The first-order valence-electron chi connectivity index (χ1n) is 19.1. The number of carbonyl (C=O) groups excluding carboxylic acids is 1. The second kappa shape index (κ2) is 17.2. The van der Waals surface area contributed by atoms with Gasteiger partial charge in [-0.15, -0.1) is 0 Å². The molecule has 10 atom stereocenters. The molecule has 1 aromatic carbocycles. The number of rotatable bonds is 15. The molecule has 1 aliphatic carbocycles. The van der Waals surface area contributed by atoms with Gasteiger partial charge in [0.2, 0.25) is 5.95 Å². The molecule has 1 saturated heterocycles. The van der Waals surface area contributed by atoms with Crippen molar-refractivity contribution in [1.82, 2.24) is 34.1 Å². The fourth-order valence-corrected chi connectivity index (χ4v) is 10.3. The van der Waals surface area contributed by atoms with Crippen molar-refractivity contribution in [2.24, 2.45) is 23.7 Å². The Morgan fingerprint density at radius 1 is 1.12 bits per heavy atom. The number of amides is 1. The summed E-state index contributed by atoms with van der Waals surface area (Å²) in [6.07, 6.45) is 4.01. The Bertz CT molecular complexity index is 2360. The third-order valence-electron chi connectivity index (χ3n) is 10.8. The summed E-state index contributed by atoms with van der Waals surface area (Å²) in [5.74, 6) is 0.0978. The van der Waals surface area contributed by atoms with E-state index in [-0.39, 0.29) is 53.5 Å². The van der Waals surface area contributed by atoms with E-state index in [2.05, 4.69) is 49.4 Å². The van der Waals surface area contributed by atoms with Gasteiger partial charge in [-0.05, 0) is 48.8 Å². The van der Waals surface area contributed by atoms with Crippen LogP contribution in [0.5, 0.6) is 0 Å². The number of hydrogen-bond acceptors (Lipinski definition) is 13. The van der Waals surface area contributed by atoms with Gasteiger partial charge in [0.25, 0.3) is 11.5 Å². The van der Waals surface area contributed by atoms with Crippen LogP contribution in [-0.4, -0.2) is 83.0 Å². The first-order chi connectivity index (χ1) is 27.2. The van der Waals surface area contributed by atoms with E-state index >= 15 is 0 Å². The Kier molecular flexibility index (Phi) is 12.4. The predicted octanol–water partition coefficient (Wildman–Crippen LogP) is 6.13. The Balaban J connectivity index is 1.09. The van der Waals surface area contributed by atoms with E-state index in [0.29, 0.717) is 59.3 Å². The quantitative estimate of drug-likeness (QED) is 0.0874. The van der Waals surface area contributed by atoms with E-state index in [1.54, 1.807) is 41.8 Å². The molecule has 1 amide bonds. The molecule has 0 radical (unpaired) electrons. The summed E-state index contributed by atoms with van der Waals surface area (Å²) < 4.78 is 41.3. The fourth-order valence-electron chi connectivity index (χ4n) is 7.94. The molecule has 2 aliphatic rings. The van der Waals surface area contributed by atoms with Crippen LogP contribution in [0.1, 0.15) is 70.1 Å². The Morgan fingerprint density at radius 3 is 2.61 bits per heavy atom. The van der Waals surface area contributed by atoms with Crippen LogP contribution in [0, 0.1) is 23.7 Å². The number of hydrogen-bond donors (Lipinski definition) is 4. The summed E-state index contributed by atoms with van der Waals surface area (Å²) in [5.41, 5.74) is 1.27. The van der Waals surface area contributed by atoms with E-state index in [9.17, 15) is 19.0 Å². The number of benzene rings is 1. The zero-order valence-corrected chi connectivity index (χ0v) is 35.3. The molecule has 57 heavy (non-hydrogen) atoms. The number of nitrogens with zero attached hydrogens (tertiary/aromatic N) is 6. The normalized spacial score (nSPS) is 26.6. The van der Waals surface area contributed by atoms with Gasteiger partial charge < -0.3 is 38.4 Å². The molecule has 20 heteroatoms. The van der Waals surface area contributed by atoms with Crippen LogP contribution in [0.2, 0.25) is 0 Å². The van der Waals surface area contributed by atoms with Gasteiger partial charge in [-0.2, -0.15) is 4.98 Å². The maximum atomic E-state index is 13.0. The van der Waals surface area contributed by atoms with E-state index < -0.39 is 33.2 Å². The van der Waals surface area contributed by atoms with Gasteiger partial charge in [0, 0.05) is 48.8 Å². The average molecular weight is 842 g/mol. The molecule has 2 unspecified atom stereocenters. The average Bonchev–Trinajstić information content (AvgIpc) is 3.95. The maximum Gasteiger partial charge on any atom is 0.316 e. The van der Waals surface area contributed by atoms with E-state index in [1.807, 2.05) is 43.7 Å². The maximum absolute atomic E-state index is 13.0. The van der Waals surface area contributed by atoms with Crippen LogP contribution >= 0.6 is 14.7 Å². The number of nitrogens with one attached hydrogen (secondary N) is 3. The van der Waals surface area contributed by atoms with E-state index in [1.165, 1.54) is 6.33 Å². The SMILES string of the molecule is CC[C@H]1O[C@@H](n2cnc3c(=O)[nH]c(NCC(C)C)nc32)[C@H](OP(C)(=S)OC[C@H]2C[C@@H](n3ccc4c(NC(=O)c5ccccc5)ncnc43)[C@H](C)[C@@H]2O[PH](=O)O)[C@@H]1C. The summed E-state index contributed by atoms with van der Waals surface area (Å²) in [4.78, 5) is 56.6. The van der Waals surface area contributed by atoms with Gasteiger partial charge in [-0.25, -0.2) is 15.0 Å². The van der Waals surface area contributed by atoms with Crippen LogP contribution in [0.25, 0.3) is 22.2 Å². The standard InChI is InChI=1S/C37H49N9O8P2S/c1-7-27-22(5)30(36(52-27)46-19-41-28-33(46)43-37(44-35(28)48)38-16-20(2)3)54-56(6,57)51-17-24-15-26(21(4)29(24)53-55(49)50)45-14-13-25-31(39-18-40-32(25)45)42-34(47)23-11-9-8-10-12-23/h8-14,18-22,24,26-27,29-30,36,55H,7,15-17H2,1-6H3,(H,49,50)(H2,38,43,44,48)(H,39,40,42,47)/t21-,22+,24+,26+,27+,29-,30+,36+,56?/m0/s1. The zero-order chi connectivity index (χ0) is 40.6. The zero-order valence-electron chi connectivity index (χ0n) is 32.6. The second-order valence-electron chi connectivity index (χ2n) is 15.3. The number of ether oxygens (including phenoxy) is 1. The molecule has 306 valence electrons. The van der Waals surface area contributed by atoms with E-state index in [4.69, 9.17) is 30.1 Å². The lowest BCUT2D eigenvalue weighted by Gasteiger charge is -2.29. The highest BCUT2D eigenvalue weighted by molar-refractivity contribution is 8.09. The molecule has 2 fully saturated rings. The minimum absolute atomic E-state index is 0.0952. The van der Waals surface area contributed by atoms with Crippen molar-refractivity contribution in [3.63, 3.8) is 0 Å². The van der Waals surface area contributed by atoms with Gasteiger partial charge >= 0.3 is 8.25 Å². The summed E-state index contributed by atoms with van der Waals surface area (Å²) in [7, 11) is -3.31. The second-order valence-corrected chi connectivity index (χ2v) is 20.0. The van der Waals surface area contributed by atoms with Crippen molar-refractivity contribution < 1.29 is 32.6 Å². The molecule has 5 aromatic rings. The fraction of sp³-hybridized carbons (Fsp3) is 0.514. The molecular formula is C37H49N9O8P2S. The van der Waals surface area contributed by atoms with Crippen molar-refractivity contribution in [3.8, 4) is 0 Å². The Labute approximate surface area is 335 Å². The Hall–Kier alpha value is -3.86. The minimum Gasteiger partial charge on any atom is -0.355 e. The van der Waals surface area contributed by atoms with Crippen LogP contribution in [0.15, 0.2) is 60.0 Å². The molecule has 0 spiro atoms. The van der Waals surface area contributed by atoms with Crippen molar-refractivity contribution in [3.05, 3.63) is 71.2 Å². The molecule has 1 saturated carbocycles. The predicted molar refractivity (Wildman–Crippen MR) is 220 cm³/mol. The molecule has 7 rings (SSSR count). The van der Waals surface area contributed by atoms with Crippen molar-refractivity contribution in [2.75, 3.05) is 30.5 Å². The summed E-state index contributed by atoms with van der Waals surface area (Å²) >= 11 is 6.04. The molecule has 4 N–H and O–H groups in total. The first-order valence-corrected chi connectivity index (χ1v) is 23.4. The summed E-state index contributed by atoms with van der Waals surface area (Å²) in [6, 6.07) is 10.5. The number of anilines is 2. The molecule has 1 aliphatic heterocycles. The van der Waals surface area contributed by atoms with Crippen LogP contribution in [-0.2, 0) is 34.7 Å².